The largest absolute Gasteiger partial charge is 0.302 e. The Morgan fingerprint density at radius 2 is 2.44 bits per heavy atom. The van der Waals surface area contributed by atoms with Crippen LogP contribution in [0.15, 0.2) is 0 Å². The Hall–Kier alpha value is -0.220. The summed E-state index contributed by atoms with van der Waals surface area (Å²) in [5.74, 6) is -0.271. The van der Waals surface area contributed by atoms with Gasteiger partial charge < -0.3 is 4.79 Å². The maximum atomic E-state index is 10.7. The van der Waals surface area contributed by atoms with E-state index in [1.165, 1.54) is 11.8 Å². The van der Waals surface area contributed by atoms with E-state index in [4.69, 9.17) is 12.2 Å². The first kappa shape index (κ1) is 6.89. The van der Waals surface area contributed by atoms with E-state index in [0.29, 0.717) is 16.2 Å². The summed E-state index contributed by atoms with van der Waals surface area (Å²) in [6.07, 6.45) is 0.616. The van der Waals surface area contributed by atoms with Gasteiger partial charge in [-0.05, 0) is 0 Å². The Morgan fingerprint density at radius 1 is 1.78 bits per heavy atom. The van der Waals surface area contributed by atoms with Crippen LogP contribution in [0.25, 0.3) is 0 Å². The van der Waals surface area contributed by atoms with Gasteiger partial charge in [-0.15, -0.1) is 11.8 Å². The maximum absolute atomic E-state index is 10.7. The SMILES string of the molecule is O=CC1C(=O)CSC1=S. The summed E-state index contributed by atoms with van der Waals surface area (Å²) in [4.78, 5) is 20.8. The second-order valence-electron chi connectivity index (χ2n) is 1.69. The number of hydrogen-bond acceptors (Lipinski definition) is 4. The van der Waals surface area contributed by atoms with E-state index in [1.807, 2.05) is 0 Å². The van der Waals surface area contributed by atoms with E-state index in [2.05, 4.69) is 0 Å². The van der Waals surface area contributed by atoms with Crippen LogP contribution in [0.5, 0.6) is 0 Å². The van der Waals surface area contributed by atoms with Crippen LogP contribution in [0.1, 0.15) is 0 Å². The summed E-state index contributed by atoms with van der Waals surface area (Å²) in [5, 5.41) is 0. The molecule has 1 aliphatic rings. The van der Waals surface area contributed by atoms with Crippen molar-refractivity contribution in [3.05, 3.63) is 0 Å². The Kier molecular flexibility index (Phi) is 1.97. The van der Waals surface area contributed by atoms with Gasteiger partial charge in [0.2, 0.25) is 0 Å². The number of aldehydes is 1. The Labute approximate surface area is 62.0 Å². The number of carbonyl (C=O) groups excluding carboxylic acids is 2. The van der Waals surface area contributed by atoms with Crippen LogP contribution >= 0.6 is 24.0 Å². The average Bonchev–Trinajstić information content (AvgIpc) is 2.12. The van der Waals surface area contributed by atoms with E-state index in [1.54, 1.807) is 0 Å². The highest BCUT2D eigenvalue weighted by Crippen LogP contribution is 2.22. The van der Waals surface area contributed by atoms with Crippen molar-refractivity contribution in [2.24, 2.45) is 5.92 Å². The molecule has 0 spiro atoms. The Bertz CT molecular complexity index is 160. The molecule has 2 nitrogen and oxygen atoms in total. The summed E-state index contributed by atoms with van der Waals surface area (Å²) in [5.41, 5.74) is 0. The molecule has 0 N–H and O–H groups in total. The van der Waals surface area contributed by atoms with Gasteiger partial charge in [0, 0.05) is 0 Å². The zero-order valence-electron chi connectivity index (χ0n) is 4.49. The predicted molar refractivity (Wildman–Crippen MR) is 39.6 cm³/mol. The molecule has 1 saturated heterocycles. The molecule has 48 valence electrons. The minimum absolute atomic E-state index is 0.0556. The molecule has 1 fully saturated rings. The van der Waals surface area contributed by atoms with Crippen molar-refractivity contribution < 1.29 is 9.59 Å². The topological polar surface area (TPSA) is 34.1 Å². The molecule has 1 aliphatic heterocycles. The zero-order chi connectivity index (χ0) is 6.85. The van der Waals surface area contributed by atoms with Crippen molar-refractivity contribution in [2.45, 2.75) is 0 Å². The lowest BCUT2D eigenvalue weighted by Crippen LogP contribution is -2.14. The fraction of sp³-hybridized carbons (Fsp3) is 0.400. The molecule has 9 heavy (non-hydrogen) atoms. The standard InChI is InChI=1S/C5H4O2S2/c6-1-3-4(7)2-9-5(3)8/h1,3H,2H2. The number of carbonyl (C=O) groups is 2. The van der Waals surface area contributed by atoms with Crippen molar-refractivity contribution in [1.29, 1.82) is 0 Å². The van der Waals surface area contributed by atoms with Gasteiger partial charge in [0.25, 0.3) is 0 Å². The van der Waals surface area contributed by atoms with E-state index in [9.17, 15) is 9.59 Å². The van der Waals surface area contributed by atoms with Gasteiger partial charge in [-0.3, -0.25) is 4.79 Å². The van der Waals surface area contributed by atoms with Gasteiger partial charge >= 0.3 is 0 Å². The van der Waals surface area contributed by atoms with Crippen LogP contribution in [-0.2, 0) is 9.59 Å². The van der Waals surface area contributed by atoms with E-state index >= 15 is 0 Å². The fourth-order valence-electron chi connectivity index (χ4n) is 0.585. The second kappa shape index (κ2) is 2.58. The van der Waals surface area contributed by atoms with Crippen LogP contribution in [-0.4, -0.2) is 22.0 Å². The molecule has 1 atom stereocenters. The van der Waals surface area contributed by atoms with Gasteiger partial charge in [0.1, 0.15) is 12.2 Å². The molecule has 1 heterocycles. The van der Waals surface area contributed by atoms with Gasteiger partial charge in [-0.2, -0.15) is 0 Å². The van der Waals surface area contributed by atoms with E-state index in [-0.39, 0.29) is 5.78 Å². The van der Waals surface area contributed by atoms with Gasteiger partial charge in [0.05, 0.1) is 9.95 Å². The van der Waals surface area contributed by atoms with Crippen LogP contribution in [0.3, 0.4) is 0 Å². The van der Waals surface area contributed by atoms with Crippen LogP contribution < -0.4 is 0 Å². The number of thioether (sulfide) groups is 1. The number of thiocarbonyl (C=S) groups is 1. The predicted octanol–water partition coefficient (Wildman–Crippen LogP) is 0.445. The maximum Gasteiger partial charge on any atom is 0.159 e. The van der Waals surface area contributed by atoms with Crippen molar-refractivity contribution >= 4 is 40.2 Å². The highest BCUT2D eigenvalue weighted by atomic mass is 32.2. The highest BCUT2D eigenvalue weighted by molar-refractivity contribution is 8.24. The van der Waals surface area contributed by atoms with Crippen molar-refractivity contribution in [3.8, 4) is 0 Å². The van der Waals surface area contributed by atoms with Gasteiger partial charge in [-0.25, -0.2) is 0 Å². The minimum Gasteiger partial charge on any atom is -0.302 e. The number of hydrogen-bond donors (Lipinski definition) is 0. The summed E-state index contributed by atoms with van der Waals surface area (Å²) in [7, 11) is 0. The molecule has 0 bridgehead atoms. The molecule has 0 aromatic carbocycles. The molecule has 1 rings (SSSR count). The van der Waals surface area contributed by atoms with Crippen molar-refractivity contribution in [1.82, 2.24) is 0 Å². The number of rotatable bonds is 1. The molecule has 0 aromatic rings. The number of Topliss-reactive ketones (excluding diaryl/α,β-unsaturated/α-hetero) is 1. The lowest BCUT2D eigenvalue weighted by Gasteiger charge is -1.91. The van der Waals surface area contributed by atoms with E-state index in [0.717, 1.165) is 0 Å². The quantitative estimate of drug-likeness (QED) is 0.317. The van der Waals surface area contributed by atoms with Crippen LogP contribution in [0.2, 0.25) is 0 Å². The third-order valence-corrected chi connectivity index (χ3v) is 2.67. The summed E-state index contributed by atoms with van der Waals surface area (Å²) in [6.45, 7) is 0. The molecular weight excluding hydrogens is 156 g/mol. The summed E-state index contributed by atoms with van der Waals surface area (Å²) >= 11 is 6.02. The zero-order valence-corrected chi connectivity index (χ0v) is 6.13. The van der Waals surface area contributed by atoms with E-state index < -0.39 is 5.92 Å². The van der Waals surface area contributed by atoms with Crippen LogP contribution in [0, 0.1) is 5.92 Å². The first-order valence-corrected chi connectivity index (χ1v) is 3.79. The Balaban J connectivity index is 2.77. The first-order chi connectivity index (χ1) is 4.25. The second-order valence-corrected chi connectivity index (χ2v) is 3.40. The summed E-state index contributed by atoms with van der Waals surface area (Å²) in [6, 6.07) is 0. The number of ketones is 1. The normalized spacial score (nSPS) is 26.9. The van der Waals surface area contributed by atoms with Gasteiger partial charge in [0.15, 0.2) is 5.78 Å². The molecule has 0 radical (unpaired) electrons. The van der Waals surface area contributed by atoms with Gasteiger partial charge in [-0.1, -0.05) is 12.2 Å². The minimum atomic E-state index is -0.593. The molecule has 1 unspecified atom stereocenters. The third-order valence-electron chi connectivity index (χ3n) is 1.09. The summed E-state index contributed by atoms with van der Waals surface area (Å²) < 4.78 is 0.523. The third kappa shape index (κ3) is 1.19. The molecule has 0 aliphatic carbocycles. The fourth-order valence-corrected chi connectivity index (χ4v) is 1.78. The van der Waals surface area contributed by atoms with Crippen molar-refractivity contribution in [3.63, 3.8) is 0 Å². The van der Waals surface area contributed by atoms with Crippen molar-refractivity contribution in [2.75, 3.05) is 5.75 Å². The van der Waals surface area contributed by atoms with Crippen LogP contribution in [0.4, 0.5) is 0 Å². The average molecular weight is 160 g/mol. The molecule has 0 aromatic heterocycles. The molecule has 4 heteroatoms. The highest BCUT2D eigenvalue weighted by Gasteiger charge is 2.29. The Morgan fingerprint density at radius 3 is 2.67 bits per heavy atom. The molecule has 0 saturated carbocycles. The monoisotopic (exact) mass is 160 g/mol. The lowest BCUT2D eigenvalue weighted by molar-refractivity contribution is -0.122. The lowest BCUT2D eigenvalue weighted by atomic mass is 10.1. The smallest absolute Gasteiger partial charge is 0.159 e. The molecular formula is C5H4O2S2. The first-order valence-electron chi connectivity index (χ1n) is 2.40. The molecule has 0 amide bonds.